The molecule has 0 aliphatic carbocycles. The minimum absolute atomic E-state index is 0.356. The molecule has 3 N–H and O–H groups in total. The summed E-state index contributed by atoms with van der Waals surface area (Å²) in [5, 5.41) is 3.39. The van der Waals surface area contributed by atoms with Crippen LogP contribution in [-0.4, -0.2) is 65.4 Å². The van der Waals surface area contributed by atoms with Crippen LogP contribution in [0.3, 0.4) is 0 Å². The van der Waals surface area contributed by atoms with Gasteiger partial charge in [-0.05, 0) is 34.1 Å². The Hall–Kier alpha value is -1.22. The van der Waals surface area contributed by atoms with Gasteiger partial charge in [-0.25, -0.2) is 9.97 Å². The van der Waals surface area contributed by atoms with Crippen LogP contribution in [0, 0.1) is 0 Å². The highest BCUT2D eigenvalue weighted by Crippen LogP contribution is 2.36. The summed E-state index contributed by atoms with van der Waals surface area (Å²) in [6.07, 6.45) is 4.65. The summed E-state index contributed by atoms with van der Waals surface area (Å²) < 4.78 is 12.0. The first-order valence-corrected chi connectivity index (χ1v) is 8.67. The van der Waals surface area contributed by atoms with E-state index in [0.29, 0.717) is 18.5 Å². The molecule has 1 aromatic rings. The van der Waals surface area contributed by atoms with E-state index in [-0.39, 0.29) is 11.2 Å². The van der Waals surface area contributed by atoms with Crippen molar-refractivity contribution in [1.82, 2.24) is 14.9 Å². The van der Waals surface area contributed by atoms with Crippen molar-refractivity contribution in [3.8, 4) is 0 Å². The van der Waals surface area contributed by atoms with Gasteiger partial charge in [0, 0.05) is 50.1 Å². The molecule has 0 saturated carbocycles. The Morgan fingerprint density at radius 1 is 1.25 bits per heavy atom. The topological polar surface area (TPSA) is 85.5 Å². The average Bonchev–Trinajstić information content (AvgIpc) is 3.02. The minimum Gasteiger partial charge on any atom is -0.399 e. The van der Waals surface area contributed by atoms with Crippen molar-refractivity contribution in [3.63, 3.8) is 0 Å². The third-order valence-corrected chi connectivity index (χ3v) is 5.25. The van der Waals surface area contributed by atoms with Crippen molar-refractivity contribution in [2.75, 3.05) is 31.5 Å². The Morgan fingerprint density at radius 2 is 1.88 bits per heavy atom. The Kier molecular flexibility index (Phi) is 4.83. The van der Waals surface area contributed by atoms with Crippen LogP contribution in [0.25, 0.3) is 0 Å². The fraction of sp³-hybridized carbons (Fsp3) is 0.750. The Bertz CT molecular complexity index is 550. The van der Waals surface area contributed by atoms with E-state index in [1.165, 1.54) is 0 Å². The Balaban J connectivity index is 1.59. The molecule has 1 aromatic heterocycles. The molecule has 0 amide bonds. The van der Waals surface area contributed by atoms with Crippen molar-refractivity contribution in [2.45, 2.75) is 51.4 Å². The third-order valence-electron chi connectivity index (χ3n) is 5.25. The summed E-state index contributed by atoms with van der Waals surface area (Å²) in [5.74, 6) is 0.648. The predicted molar refractivity (Wildman–Crippen MR) is 95.3 cm³/mol. The average molecular weight is 333 g/mol. The van der Waals surface area contributed by atoms with E-state index in [0.717, 1.165) is 31.5 Å². The Labute approximate surface area is 144 Å². The molecule has 2 aliphatic heterocycles. The van der Waals surface area contributed by atoms with Crippen LogP contribution < -0.4 is 16.5 Å². The summed E-state index contributed by atoms with van der Waals surface area (Å²) in [4.78, 5) is 11.2. The summed E-state index contributed by atoms with van der Waals surface area (Å²) >= 11 is 0. The number of nitrogens with one attached hydrogen (secondary N) is 1. The van der Waals surface area contributed by atoms with E-state index in [2.05, 4.69) is 20.2 Å². The summed E-state index contributed by atoms with van der Waals surface area (Å²) in [5.41, 5.74) is 5.74. The van der Waals surface area contributed by atoms with Gasteiger partial charge in [-0.1, -0.05) is 0 Å². The molecule has 3 heterocycles. The zero-order valence-electron chi connectivity index (χ0n) is 15.1. The molecule has 2 saturated heterocycles. The molecule has 1 atom stereocenters. The number of rotatable bonds is 5. The van der Waals surface area contributed by atoms with Crippen LogP contribution in [0.1, 0.15) is 34.1 Å². The maximum absolute atomic E-state index is 6.02. The van der Waals surface area contributed by atoms with Crippen LogP contribution in [0.2, 0.25) is 0 Å². The highest BCUT2D eigenvalue weighted by atomic mass is 16.7. The first-order chi connectivity index (χ1) is 11.3. The van der Waals surface area contributed by atoms with Gasteiger partial charge in [0.2, 0.25) is 5.95 Å². The lowest BCUT2D eigenvalue weighted by Crippen LogP contribution is -2.41. The van der Waals surface area contributed by atoms with Gasteiger partial charge in [-0.15, -0.1) is 0 Å². The molecule has 8 heteroatoms. The van der Waals surface area contributed by atoms with Crippen molar-refractivity contribution < 1.29 is 9.31 Å². The molecule has 0 radical (unpaired) electrons. The lowest BCUT2D eigenvalue weighted by molar-refractivity contribution is 0.00578. The predicted octanol–water partition coefficient (Wildman–Crippen LogP) is 0.221. The third kappa shape index (κ3) is 3.56. The molecule has 7 nitrogen and oxygen atoms in total. The maximum Gasteiger partial charge on any atom is 0.498 e. The molecule has 132 valence electrons. The fourth-order valence-electron chi connectivity index (χ4n) is 3.03. The zero-order chi connectivity index (χ0) is 17.4. The van der Waals surface area contributed by atoms with Gasteiger partial charge in [0.15, 0.2) is 0 Å². The number of anilines is 1. The minimum atomic E-state index is -0.421. The summed E-state index contributed by atoms with van der Waals surface area (Å²) in [6.45, 7) is 11.9. The first kappa shape index (κ1) is 17.6. The van der Waals surface area contributed by atoms with Gasteiger partial charge in [-0.3, -0.25) is 4.90 Å². The van der Waals surface area contributed by atoms with Crippen LogP contribution >= 0.6 is 0 Å². The smallest absolute Gasteiger partial charge is 0.399 e. The maximum atomic E-state index is 6.02. The van der Waals surface area contributed by atoms with Crippen molar-refractivity contribution in [1.29, 1.82) is 0 Å². The van der Waals surface area contributed by atoms with Gasteiger partial charge in [-0.2, -0.15) is 0 Å². The van der Waals surface area contributed by atoms with Crippen molar-refractivity contribution in [2.24, 2.45) is 5.73 Å². The molecule has 0 bridgehead atoms. The molecular weight excluding hydrogens is 305 g/mol. The van der Waals surface area contributed by atoms with E-state index in [9.17, 15) is 0 Å². The van der Waals surface area contributed by atoms with Gasteiger partial charge in [0.25, 0.3) is 0 Å². The molecule has 2 fully saturated rings. The van der Waals surface area contributed by atoms with E-state index in [4.69, 9.17) is 15.0 Å². The monoisotopic (exact) mass is 333 g/mol. The number of nitrogens with zero attached hydrogens (tertiary/aromatic N) is 3. The number of hydrogen-bond donors (Lipinski definition) is 2. The van der Waals surface area contributed by atoms with Crippen molar-refractivity contribution >= 4 is 18.5 Å². The van der Waals surface area contributed by atoms with E-state index in [1.807, 2.05) is 27.7 Å². The van der Waals surface area contributed by atoms with E-state index in [1.54, 1.807) is 12.4 Å². The van der Waals surface area contributed by atoms with Crippen LogP contribution in [-0.2, 0) is 9.31 Å². The first-order valence-electron chi connectivity index (χ1n) is 8.67. The number of hydrogen-bond acceptors (Lipinski definition) is 7. The largest absolute Gasteiger partial charge is 0.498 e. The van der Waals surface area contributed by atoms with Crippen molar-refractivity contribution in [3.05, 3.63) is 12.4 Å². The van der Waals surface area contributed by atoms with Gasteiger partial charge >= 0.3 is 7.12 Å². The fourth-order valence-corrected chi connectivity index (χ4v) is 3.03. The molecule has 3 rings (SSSR count). The highest BCUT2D eigenvalue weighted by molar-refractivity contribution is 6.61. The molecular formula is C16H28BN5O2. The summed E-state index contributed by atoms with van der Waals surface area (Å²) in [7, 11) is -0.421. The second-order valence-corrected chi connectivity index (χ2v) is 7.65. The van der Waals surface area contributed by atoms with E-state index < -0.39 is 7.12 Å². The normalized spacial score (nSPS) is 26.0. The molecule has 0 spiro atoms. The van der Waals surface area contributed by atoms with Gasteiger partial charge in [0.1, 0.15) is 0 Å². The zero-order valence-corrected chi connectivity index (χ0v) is 15.1. The SMILES string of the molecule is CC1(C)OB(c2cnc(N[C@@H]3CCN(CCN)C3)nc2)OC1(C)C. The summed E-state index contributed by atoms with van der Waals surface area (Å²) in [6, 6.07) is 0.374. The lowest BCUT2D eigenvalue weighted by atomic mass is 9.81. The second-order valence-electron chi connectivity index (χ2n) is 7.65. The Morgan fingerprint density at radius 3 is 2.46 bits per heavy atom. The second kappa shape index (κ2) is 6.59. The molecule has 24 heavy (non-hydrogen) atoms. The number of likely N-dealkylation sites (tertiary alicyclic amines) is 1. The molecule has 2 aliphatic rings. The molecule has 0 unspecified atom stereocenters. The van der Waals surface area contributed by atoms with Gasteiger partial charge in [0.05, 0.1) is 11.2 Å². The quantitative estimate of drug-likeness (QED) is 0.746. The number of nitrogens with two attached hydrogens (primary N) is 1. The van der Waals surface area contributed by atoms with E-state index >= 15 is 0 Å². The lowest BCUT2D eigenvalue weighted by Gasteiger charge is -2.32. The van der Waals surface area contributed by atoms with Crippen LogP contribution in [0.4, 0.5) is 5.95 Å². The van der Waals surface area contributed by atoms with Gasteiger partial charge < -0.3 is 20.4 Å². The van der Waals surface area contributed by atoms with Crippen LogP contribution in [0.5, 0.6) is 0 Å². The standard InChI is InChI=1S/C16H28BN5O2/c1-15(2)16(3,4)24-17(23-15)12-9-19-14(20-10-12)21-13-5-7-22(11-13)8-6-18/h9-10,13H,5-8,11,18H2,1-4H3,(H,19,20,21)/t13-/m1/s1. The highest BCUT2D eigenvalue weighted by Gasteiger charge is 2.51. The number of aromatic nitrogens is 2. The van der Waals surface area contributed by atoms with Crippen LogP contribution in [0.15, 0.2) is 12.4 Å². The molecule has 0 aromatic carbocycles.